The van der Waals surface area contributed by atoms with E-state index in [9.17, 15) is 30.7 Å². The van der Waals surface area contributed by atoms with Gasteiger partial charge in [-0.05, 0) is 6.92 Å². The number of hydrogen-bond donors (Lipinski definition) is 0. The third-order valence-corrected chi connectivity index (χ3v) is 3.29. The van der Waals surface area contributed by atoms with Gasteiger partial charge in [-0.3, -0.25) is 0 Å². The van der Waals surface area contributed by atoms with Crippen LogP contribution in [0.15, 0.2) is 0 Å². The molecule has 1 aliphatic rings. The van der Waals surface area contributed by atoms with Crippen molar-refractivity contribution >= 4 is 0 Å². The molecule has 0 spiro atoms. The van der Waals surface area contributed by atoms with Crippen molar-refractivity contribution in [2.75, 3.05) is 13.2 Å². The quantitative estimate of drug-likeness (QED) is 0.584. The van der Waals surface area contributed by atoms with Crippen molar-refractivity contribution in [1.82, 2.24) is 4.98 Å². The van der Waals surface area contributed by atoms with Gasteiger partial charge in [0.1, 0.15) is 12.0 Å². The van der Waals surface area contributed by atoms with E-state index in [2.05, 4.69) is 4.98 Å². The van der Waals surface area contributed by atoms with Gasteiger partial charge in [-0.15, -0.1) is 0 Å². The fraction of sp³-hybridized carbons (Fsp3) is 0.583. The smallest absolute Gasteiger partial charge is 0.375 e. The molecule has 124 valence electrons. The molecule has 1 aromatic rings. The Bertz CT molecular complexity index is 537. The highest BCUT2D eigenvalue weighted by Crippen LogP contribution is 2.44. The lowest BCUT2D eigenvalue weighted by Crippen LogP contribution is -2.39. The first kappa shape index (κ1) is 16.9. The monoisotopic (exact) mass is 333 g/mol. The van der Waals surface area contributed by atoms with E-state index in [0.29, 0.717) is 0 Å². The average molecular weight is 333 g/mol. The maximum Gasteiger partial charge on any atom is 0.397 e. The molecule has 3 nitrogen and oxygen atoms in total. The average Bonchev–Trinajstić information content (AvgIpc) is 2.58. The van der Waals surface area contributed by atoms with Crippen molar-refractivity contribution in [2.45, 2.75) is 25.3 Å². The molecule has 2 rings (SSSR count). The highest BCUT2D eigenvalue weighted by molar-refractivity contribution is 5.22. The third kappa shape index (κ3) is 3.02. The Morgan fingerprint density at radius 1 is 0.955 bits per heavy atom. The molecule has 0 N–H and O–H groups in total. The molecule has 22 heavy (non-hydrogen) atoms. The van der Waals surface area contributed by atoms with Crippen LogP contribution in [0.4, 0.5) is 30.7 Å². The van der Waals surface area contributed by atoms with Crippen LogP contribution < -0.4 is 0 Å². The molecular weight excluding hydrogens is 323 g/mol. The van der Waals surface area contributed by atoms with Crippen molar-refractivity contribution in [3.05, 3.63) is 29.1 Å². The molecule has 0 bridgehead atoms. The van der Waals surface area contributed by atoms with Gasteiger partial charge in [-0.1, -0.05) is 0 Å². The van der Waals surface area contributed by atoms with Gasteiger partial charge in [0, 0.05) is 0 Å². The standard InChI is InChI=1S/C12H10F7NO2/c1-4-6(12(17,18)19)9(22-3-2-21-4)5-7(13)10(15)20-11(16)8(5)14/h4,6,9H,2-3H2,1H3. The third-order valence-electron chi connectivity index (χ3n) is 3.29. The van der Waals surface area contributed by atoms with Gasteiger partial charge in [0.25, 0.3) is 11.9 Å². The summed E-state index contributed by atoms with van der Waals surface area (Å²) in [6, 6.07) is 0. The lowest BCUT2D eigenvalue weighted by molar-refractivity contribution is -0.225. The number of nitrogens with zero attached hydrogens (tertiary/aromatic N) is 1. The molecule has 10 heteroatoms. The predicted molar refractivity (Wildman–Crippen MR) is 57.7 cm³/mol. The van der Waals surface area contributed by atoms with Gasteiger partial charge in [-0.2, -0.15) is 26.9 Å². The summed E-state index contributed by atoms with van der Waals surface area (Å²) in [4.78, 5) is 2.31. The molecule has 0 saturated carbocycles. The molecule has 3 unspecified atom stereocenters. The Kier molecular flexibility index (Phi) is 4.62. The van der Waals surface area contributed by atoms with Gasteiger partial charge in [0.15, 0.2) is 11.6 Å². The molecule has 1 saturated heterocycles. The first-order valence-electron chi connectivity index (χ1n) is 6.14. The van der Waals surface area contributed by atoms with Gasteiger partial charge >= 0.3 is 6.18 Å². The van der Waals surface area contributed by atoms with Gasteiger partial charge in [-0.25, -0.2) is 8.78 Å². The van der Waals surface area contributed by atoms with Crippen LogP contribution in [0.25, 0.3) is 0 Å². The summed E-state index contributed by atoms with van der Waals surface area (Å²) >= 11 is 0. The van der Waals surface area contributed by atoms with Crippen LogP contribution >= 0.6 is 0 Å². The van der Waals surface area contributed by atoms with E-state index < -0.39 is 60.0 Å². The highest BCUT2D eigenvalue weighted by Gasteiger charge is 2.52. The molecule has 1 fully saturated rings. The highest BCUT2D eigenvalue weighted by atomic mass is 19.4. The van der Waals surface area contributed by atoms with Crippen LogP contribution in [0.3, 0.4) is 0 Å². The molecular formula is C12H10F7NO2. The summed E-state index contributed by atoms with van der Waals surface area (Å²) in [7, 11) is 0. The molecule has 0 aliphatic carbocycles. The lowest BCUT2D eigenvalue weighted by Gasteiger charge is -2.30. The topological polar surface area (TPSA) is 31.4 Å². The number of aromatic nitrogens is 1. The van der Waals surface area contributed by atoms with Gasteiger partial charge in [0.2, 0.25) is 0 Å². The number of halogens is 7. The zero-order chi connectivity index (χ0) is 16.7. The van der Waals surface area contributed by atoms with E-state index in [1.54, 1.807) is 0 Å². The summed E-state index contributed by atoms with van der Waals surface area (Å²) < 4.78 is 103. The number of rotatable bonds is 1. The summed E-state index contributed by atoms with van der Waals surface area (Å²) in [6.45, 7) is 0.346. The summed E-state index contributed by atoms with van der Waals surface area (Å²) in [5, 5.41) is 0. The van der Waals surface area contributed by atoms with Crippen molar-refractivity contribution in [1.29, 1.82) is 0 Å². The fourth-order valence-corrected chi connectivity index (χ4v) is 2.32. The maximum absolute atomic E-state index is 13.7. The number of alkyl halides is 3. The van der Waals surface area contributed by atoms with E-state index >= 15 is 0 Å². The van der Waals surface area contributed by atoms with Crippen LogP contribution in [0, 0.1) is 29.4 Å². The maximum atomic E-state index is 13.7. The zero-order valence-electron chi connectivity index (χ0n) is 11.1. The van der Waals surface area contributed by atoms with Crippen LogP contribution in [0.2, 0.25) is 0 Å². The van der Waals surface area contributed by atoms with Crippen LogP contribution in [0.1, 0.15) is 18.6 Å². The molecule has 0 radical (unpaired) electrons. The molecule has 3 atom stereocenters. The van der Waals surface area contributed by atoms with Crippen molar-refractivity contribution in [3.63, 3.8) is 0 Å². The summed E-state index contributed by atoms with van der Waals surface area (Å²) in [5.41, 5.74) is -1.48. The van der Waals surface area contributed by atoms with Gasteiger partial charge < -0.3 is 9.47 Å². The molecule has 0 amide bonds. The van der Waals surface area contributed by atoms with E-state index in [1.165, 1.54) is 0 Å². The molecule has 1 aliphatic heterocycles. The van der Waals surface area contributed by atoms with E-state index in [0.717, 1.165) is 6.92 Å². The van der Waals surface area contributed by atoms with Crippen molar-refractivity contribution in [3.8, 4) is 0 Å². The molecule has 0 aromatic carbocycles. The Balaban J connectivity index is 2.61. The minimum Gasteiger partial charge on any atom is -0.375 e. The first-order valence-corrected chi connectivity index (χ1v) is 6.14. The van der Waals surface area contributed by atoms with E-state index in [4.69, 9.17) is 9.47 Å². The minimum absolute atomic E-state index is 0.260. The SMILES string of the molecule is CC1OCCOC(c2c(F)c(F)nc(F)c2F)C1C(F)(F)F. The second kappa shape index (κ2) is 5.99. The molecule has 1 aromatic heterocycles. The van der Waals surface area contributed by atoms with E-state index in [1.807, 2.05) is 0 Å². The van der Waals surface area contributed by atoms with E-state index in [-0.39, 0.29) is 6.61 Å². The Hall–Kier alpha value is -1.42. The lowest BCUT2D eigenvalue weighted by atomic mass is 9.90. The largest absolute Gasteiger partial charge is 0.397 e. The summed E-state index contributed by atoms with van der Waals surface area (Å²) in [6.07, 6.45) is -8.78. The first-order chi connectivity index (χ1) is 10.1. The molecule has 2 heterocycles. The van der Waals surface area contributed by atoms with Crippen LogP contribution in [-0.2, 0) is 9.47 Å². The Morgan fingerprint density at radius 3 is 1.95 bits per heavy atom. The normalized spacial score (nSPS) is 26.8. The second-order valence-electron chi connectivity index (χ2n) is 4.67. The zero-order valence-corrected chi connectivity index (χ0v) is 11.1. The Morgan fingerprint density at radius 2 is 1.45 bits per heavy atom. The van der Waals surface area contributed by atoms with Gasteiger partial charge in [0.05, 0.1) is 24.9 Å². The fourth-order valence-electron chi connectivity index (χ4n) is 2.32. The summed E-state index contributed by atoms with van der Waals surface area (Å²) in [5.74, 6) is -10.6. The Labute approximate surface area is 120 Å². The number of ether oxygens (including phenoxy) is 2. The van der Waals surface area contributed by atoms with Crippen LogP contribution in [0.5, 0.6) is 0 Å². The van der Waals surface area contributed by atoms with Crippen molar-refractivity contribution in [2.24, 2.45) is 5.92 Å². The minimum atomic E-state index is -4.97. The van der Waals surface area contributed by atoms with Crippen molar-refractivity contribution < 1.29 is 40.2 Å². The number of pyridine rings is 1. The number of hydrogen-bond acceptors (Lipinski definition) is 3. The van der Waals surface area contributed by atoms with Crippen LogP contribution in [-0.4, -0.2) is 30.5 Å². The second-order valence-corrected chi connectivity index (χ2v) is 4.67. The predicted octanol–water partition coefficient (Wildman–Crippen LogP) is 3.29.